The molecule has 3 N–H and O–H groups in total. The van der Waals surface area contributed by atoms with Crippen LogP contribution in [0.4, 0.5) is 24.8 Å². The lowest BCUT2D eigenvalue weighted by molar-refractivity contribution is -0.184. The molecular weight excluding hydrogens is 491 g/mol. The van der Waals surface area contributed by atoms with E-state index >= 15 is 0 Å². The quantitative estimate of drug-likeness (QED) is 0.415. The van der Waals surface area contributed by atoms with Crippen LogP contribution in [0.1, 0.15) is 44.9 Å². The van der Waals surface area contributed by atoms with Gasteiger partial charge in [-0.3, -0.25) is 4.79 Å². The van der Waals surface area contributed by atoms with Gasteiger partial charge in [0.25, 0.3) is 0 Å². The number of amides is 1. The van der Waals surface area contributed by atoms with Crippen molar-refractivity contribution in [2.75, 3.05) is 29.9 Å². The number of anilines is 2. The second-order valence-corrected chi connectivity index (χ2v) is 10.5. The Kier molecular flexibility index (Phi) is 7.19. The van der Waals surface area contributed by atoms with Crippen molar-refractivity contribution in [3.05, 3.63) is 41.6 Å². The molecule has 1 atom stereocenters. The van der Waals surface area contributed by atoms with Crippen LogP contribution in [0, 0.1) is 11.8 Å². The van der Waals surface area contributed by atoms with Crippen LogP contribution in [0.5, 0.6) is 0 Å². The summed E-state index contributed by atoms with van der Waals surface area (Å²) in [4.78, 5) is 22.9. The molecule has 1 unspecified atom stereocenters. The highest BCUT2D eigenvalue weighted by Crippen LogP contribution is 2.39. The lowest BCUT2D eigenvalue weighted by Gasteiger charge is -2.29. The molecule has 2 heterocycles. The lowest BCUT2D eigenvalue weighted by atomic mass is 9.81. The molecule has 1 aromatic heterocycles. The van der Waals surface area contributed by atoms with Crippen molar-refractivity contribution in [2.45, 2.75) is 56.5 Å². The second-order valence-electron chi connectivity index (χ2n) is 10.00. The summed E-state index contributed by atoms with van der Waals surface area (Å²) in [5, 5.41) is 5.94. The molecule has 1 aromatic carbocycles. The van der Waals surface area contributed by atoms with E-state index in [2.05, 4.69) is 37.6 Å². The molecular formula is C26H31ClF3N5O. The number of allylic oxidation sites excluding steroid dienone is 2. The first-order chi connectivity index (χ1) is 17.3. The number of halogens is 4. The third-order valence-electron chi connectivity index (χ3n) is 7.49. The van der Waals surface area contributed by atoms with Crippen LogP contribution in [0.3, 0.4) is 0 Å². The molecule has 1 amide bonds. The molecule has 0 bridgehead atoms. The van der Waals surface area contributed by atoms with Crippen LogP contribution >= 0.6 is 11.6 Å². The summed E-state index contributed by atoms with van der Waals surface area (Å²) in [6, 6.07) is 6.23. The number of fused-ring (bicyclic) bond motifs is 1. The highest BCUT2D eigenvalue weighted by molar-refractivity contribution is 6.22. The molecule has 1 aliphatic heterocycles. The highest BCUT2D eigenvalue weighted by Gasteiger charge is 2.42. The van der Waals surface area contributed by atoms with Gasteiger partial charge >= 0.3 is 6.18 Å². The van der Waals surface area contributed by atoms with Crippen LogP contribution < -0.4 is 15.5 Å². The molecule has 2 fully saturated rings. The summed E-state index contributed by atoms with van der Waals surface area (Å²) in [5.41, 5.74) is 4.70. The van der Waals surface area contributed by atoms with E-state index in [1.165, 1.54) is 18.5 Å². The summed E-state index contributed by atoms with van der Waals surface area (Å²) in [6.45, 7) is 2.46. The van der Waals surface area contributed by atoms with Gasteiger partial charge in [0.2, 0.25) is 11.9 Å². The fourth-order valence-electron chi connectivity index (χ4n) is 5.35. The summed E-state index contributed by atoms with van der Waals surface area (Å²) in [6.07, 6.45) is 3.32. The van der Waals surface area contributed by atoms with Gasteiger partial charge in [0.15, 0.2) is 0 Å². The summed E-state index contributed by atoms with van der Waals surface area (Å²) >= 11 is 6.54. The van der Waals surface area contributed by atoms with Gasteiger partial charge in [-0.1, -0.05) is 6.08 Å². The van der Waals surface area contributed by atoms with E-state index in [0.29, 0.717) is 18.9 Å². The Balaban J connectivity index is 1.18. The maximum absolute atomic E-state index is 12.9. The maximum atomic E-state index is 12.9. The van der Waals surface area contributed by atoms with E-state index in [1.807, 2.05) is 18.2 Å². The second kappa shape index (κ2) is 10.4. The molecule has 1 saturated carbocycles. The number of benzene rings is 1. The van der Waals surface area contributed by atoms with Crippen molar-refractivity contribution in [1.82, 2.24) is 15.3 Å². The first-order valence-electron chi connectivity index (χ1n) is 12.7. The van der Waals surface area contributed by atoms with Crippen LogP contribution in [0.25, 0.3) is 11.0 Å². The predicted molar refractivity (Wildman–Crippen MR) is 136 cm³/mol. The fourth-order valence-corrected chi connectivity index (χ4v) is 5.56. The van der Waals surface area contributed by atoms with Crippen LogP contribution in [-0.2, 0) is 4.79 Å². The molecule has 0 radical (unpaired) electrons. The molecule has 36 heavy (non-hydrogen) atoms. The number of H-pyrrole nitrogens is 1. The number of aromatic nitrogens is 2. The monoisotopic (exact) mass is 521 g/mol. The highest BCUT2D eigenvalue weighted by atomic mass is 35.5. The van der Waals surface area contributed by atoms with Crippen LogP contribution in [0.2, 0.25) is 0 Å². The Morgan fingerprint density at radius 2 is 1.92 bits per heavy atom. The predicted octanol–water partition coefficient (Wildman–Crippen LogP) is 5.88. The van der Waals surface area contributed by atoms with Gasteiger partial charge in [-0.25, -0.2) is 4.98 Å². The summed E-state index contributed by atoms with van der Waals surface area (Å²) < 4.78 is 38.7. The summed E-state index contributed by atoms with van der Waals surface area (Å²) in [7, 11) is 0. The zero-order valence-corrected chi connectivity index (χ0v) is 20.8. The summed E-state index contributed by atoms with van der Waals surface area (Å²) in [5.74, 6) is -1.23. The van der Waals surface area contributed by atoms with Gasteiger partial charge < -0.3 is 20.5 Å². The number of nitrogens with zero attached hydrogens (tertiary/aromatic N) is 2. The van der Waals surface area contributed by atoms with Gasteiger partial charge in [0.1, 0.15) is 0 Å². The van der Waals surface area contributed by atoms with E-state index in [9.17, 15) is 18.0 Å². The van der Waals surface area contributed by atoms with Crippen molar-refractivity contribution in [1.29, 1.82) is 0 Å². The number of alkyl halides is 4. The number of imidazole rings is 1. The van der Waals surface area contributed by atoms with Gasteiger partial charge in [0, 0.05) is 36.9 Å². The van der Waals surface area contributed by atoms with E-state index in [0.717, 1.165) is 35.4 Å². The molecule has 6 nitrogen and oxygen atoms in total. The van der Waals surface area contributed by atoms with Crippen molar-refractivity contribution in [3.8, 4) is 0 Å². The Labute approximate surface area is 213 Å². The Morgan fingerprint density at radius 1 is 1.17 bits per heavy atom. The van der Waals surface area contributed by atoms with Crippen LogP contribution in [0.15, 0.2) is 41.6 Å². The largest absolute Gasteiger partial charge is 0.391 e. The molecule has 1 saturated heterocycles. The van der Waals surface area contributed by atoms with E-state index < -0.39 is 12.1 Å². The third kappa shape index (κ3) is 5.66. The zero-order chi connectivity index (χ0) is 25.3. The first-order valence-corrected chi connectivity index (χ1v) is 13.1. The molecule has 2 aromatic rings. The average molecular weight is 522 g/mol. The van der Waals surface area contributed by atoms with Crippen molar-refractivity contribution < 1.29 is 18.0 Å². The molecule has 5 rings (SSSR count). The van der Waals surface area contributed by atoms with Gasteiger partial charge in [-0.05, 0) is 74.8 Å². The minimum Gasteiger partial charge on any atom is -0.371 e. The molecule has 2 aliphatic carbocycles. The minimum atomic E-state index is -4.17. The smallest absolute Gasteiger partial charge is 0.371 e. The number of hydrogen-bond acceptors (Lipinski definition) is 4. The van der Waals surface area contributed by atoms with E-state index in [1.54, 1.807) is 0 Å². The normalized spacial score (nSPS) is 25.0. The number of aromatic amines is 1. The van der Waals surface area contributed by atoms with Gasteiger partial charge in [-0.15, -0.1) is 11.6 Å². The van der Waals surface area contributed by atoms with Crippen molar-refractivity contribution >= 4 is 40.2 Å². The Hall–Kier alpha value is -2.68. The molecule has 194 valence electrons. The van der Waals surface area contributed by atoms with E-state index in [4.69, 9.17) is 11.6 Å². The maximum Gasteiger partial charge on any atom is 0.391 e. The SMILES string of the molecule is O=C(NCC1=CCC(Cl)C(Nc2nc3ccc(N4CCCC4)cc3[nH]2)=C1)C1CCC(C(F)(F)F)CC1. The molecule has 10 heteroatoms. The first kappa shape index (κ1) is 25.0. The molecule has 0 spiro atoms. The number of hydrogen-bond donors (Lipinski definition) is 3. The standard InChI is InChI=1S/C26H31ClF3N5O/c27-20-9-3-16(15-31-24(36)17-4-6-18(7-5-17)26(28,29)30)13-22(20)33-25-32-21-10-8-19(14-23(21)34-25)35-11-1-2-12-35/h3,8,10,13-14,17-18,20H,1-2,4-7,9,11-12,15H2,(H,31,36)(H2,32,33,34). The zero-order valence-electron chi connectivity index (χ0n) is 20.0. The van der Waals surface area contributed by atoms with Gasteiger partial charge in [-0.2, -0.15) is 13.2 Å². The number of carbonyl (C=O) groups is 1. The Morgan fingerprint density at radius 3 is 2.64 bits per heavy atom. The topological polar surface area (TPSA) is 73.1 Å². The third-order valence-corrected chi connectivity index (χ3v) is 7.91. The molecule has 3 aliphatic rings. The lowest BCUT2D eigenvalue weighted by Crippen LogP contribution is -2.36. The minimum absolute atomic E-state index is 0.0171. The average Bonchev–Trinajstić information content (AvgIpc) is 3.53. The van der Waals surface area contributed by atoms with Crippen molar-refractivity contribution in [2.24, 2.45) is 11.8 Å². The Bertz CT molecular complexity index is 1160. The number of nitrogens with one attached hydrogen (secondary N) is 3. The fraction of sp³-hybridized carbons (Fsp3) is 0.538. The number of rotatable bonds is 6. The van der Waals surface area contributed by atoms with Crippen molar-refractivity contribution in [3.63, 3.8) is 0 Å². The number of carbonyl (C=O) groups excluding carboxylic acids is 1. The van der Waals surface area contributed by atoms with Crippen LogP contribution in [-0.4, -0.2) is 47.1 Å². The van der Waals surface area contributed by atoms with E-state index in [-0.39, 0.29) is 42.9 Å². The van der Waals surface area contributed by atoms with Gasteiger partial charge in [0.05, 0.1) is 22.3 Å².